The van der Waals surface area contributed by atoms with Crippen molar-refractivity contribution in [3.8, 4) is 5.69 Å². The summed E-state index contributed by atoms with van der Waals surface area (Å²) in [4.78, 5) is 17.4. The largest absolute Gasteiger partial charge is 0.430 e. The number of hydrogen-bond acceptors (Lipinski definition) is 3. The number of allylic oxidation sites excluding steroid dienone is 2. The number of anilines is 1. The van der Waals surface area contributed by atoms with Gasteiger partial charge in [0.05, 0.1) is 27.8 Å². The number of nitrogens with one attached hydrogen (secondary N) is 1. The van der Waals surface area contributed by atoms with E-state index < -0.39 is 11.9 Å². The molecule has 38 heavy (non-hydrogen) atoms. The molecular formula is C29H24ClF3N4O. The molecule has 0 bridgehead atoms. The molecule has 3 N–H and O–H groups in total. The number of hydrogen-bond donors (Lipinski definition) is 2. The predicted octanol–water partition coefficient (Wildman–Crippen LogP) is 7.53. The molecule has 0 saturated carbocycles. The highest BCUT2D eigenvalue weighted by Gasteiger charge is 2.31. The fourth-order valence-electron chi connectivity index (χ4n) is 3.89. The molecule has 0 fully saturated rings. The van der Waals surface area contributed by atoms with Crippen LogP contribution >= 0.6 is 11.6 Å². The number of carbonyl (C=O) groups excluding carboxylic acids is 1. The van der Waals surface area contributed by atoms with Gasteiger partial charge in [-0.15, -0.1) is 0 Å². The topological polar surface area (TPSA) is 72.4 Å². The Kier molecular flexibility index (Phi) is 7.73. The van der Waals surface area contributed by atoms with E-state index in [0.29, 0.717) is 16.8 Å². The van der Waals surface area contributed by atoms with E-state index in [1.54, 1.807) is 30.3 Å². The molecule has 9 heteroatoms. The van der Waals surface area contributed by atoms with Gasteiger partial charge in [0.2, 0.25) is 0 Å². The number of nitrogens with two attached hydrogens (primary N) is 1. The third-order valence-corrected chi connectivity index (χ3v) is 6.14. The molecular weight excluding hydrogens is 513 g/mol. The second-order valence-corrected chi connectivity index (χ2v) is 8.95. The average Bonchev–Trinajstić information content (AvgIpc) is 3.22. The summed E-state index contributed by atoms with van der Waals surface area (Å²) < 4.78 is 41.6. The molecule has 0 aliphatic carbocycles. The summed E-state index contributed by atoms with van der Waals surface area (Å²) >= 11 is 6.16. The van der Waals surface area contributed by atoms with Crippen LogP contribution in [0.3, 0.4) is 0 Å². The molecule has 1 aromatic heterocycles. The number of para-hydroxylation sites is 3. The Morgan fingerprint density at radius 3 is 2.11 bits per heavy atom. The number of benzene rings is 3. The number of alkyl halides is 3. The third-order valence-electron chi connectivity index (χ3n) is 5.82. The maximum absolute atomic E-state index is 13.2. The number of rotatable bonds is 6. The summed E-state index contributed by atoms with van der Waals surface area (Å²) in [7, 11) is 0. The summed E-state index contributed by atoms with van der Waals surface area (Å²) in [5.74, 6) is -0.374. The highest BCUT2D eigenvalue weighted by Crippen LogP contribution is 2.28. The number of carbonyl (C=O) groups is 1. The Bertz CT molecular complexity index is 1520. The second-order valence-electron chi connectivity index (χ2n) is 8.55. The normalized spacial score (nSPS) is 12.5. The van der Waals surface area contributed by atoms with Crippen LogP contribution in [-0.2, 0) is 0 Å². The van der Waals surface area contributed by atoms with Gasteiger partial charge in [-0.1, -0.05) is 48.0 Å². The van der Waals surface area contributed by atoms with Crippen LogP contribution in [0.4, 0.5) is 24.5 Å². The maximum Gasteiger partial charge on any atom is 0.430 e. The van der Waals surface area contributed by atoms with Gasteiger partial charge in [0, 0.05) is 22.5 Å². The Morgan fingerprint density at radius 1 is 0.895 bits per heavy atom. The molecule has 0 atom stereocenters. The summed E-state index contributed by atoms with van der Waals surface area (Å²) in [5.41, 5.74) is 8.31. The fourth-order valence-corrected chi connectivity index (χ4v) is 4.07. The zero-order chi connectivity index (χ0) is 27.4. The first kappa shape index (κ1) is 26.8. The molecule has 4 rings (SSSR count). The molecule has 3 aromatic carbocycles. The molecule has 194 valence electrons. The van der Waals surface area contributed by atoms with Crippen molar-refractivity contribution in [3.05, 3.63) is 124 Å². The number of nitrogens with zero attached hydrogens (tertiary/aromatic N) is 2. The van der Waals surface area contributed by atoms with Gasteiger partial charge < -0.3 is 15.6 Å². The van der Waals surface area contributed by atoms with Crippen molar-refractivity contribution in [3.63, 3.8) is 0 Å². The molecule has 1 heterocycles. The predicted molar refractivity (Wildman–Crippen MR) is 146 cm³/mol. The zero-order valence-corrected chi connectivity index (χ0v) is 21.3. The summed E-state index contributed by atoms with van der Waals surface area (Å²) in [5, 5.41) is 3.20. The van der Waals surface area contributed by atoms with Gasteiger partial charge in [-0.05, 0) is 68.5 Å². The van der Waals surface area contributed by atoms with Gasteiger partial charge in [-0.3, -0.25) is 4.79 Å². The molecule has 1 amide bonds. The molecule has 4 aromatic rings. The lowest BCUT2D eigenvalue weighted by atomic mass is 10.1. The Balaban J connectivity index is 1.65. The average molecular weight is 537 g/mol. The number of aromatic nitrogens is 1. The van der Waals surface area contributed by atoms with E-state index >= 15 is 0 Å². The second kappa shape index (κ2) is 11.0. The lowest BCUT2D eigenvalue weighted by Gasteiger charge is -2.15. The minimum atomic E-state index is -4.73. The fraction of sp³-hybridized carbons (Fsp3) is 0.103. The monoisotopic (exact) mass is 536 g/mol. The number of halogens is 4. The third kappa shape index (κ3) is 5.98. The van der Waals surface area contributed by atoms with Gasteiger partial charge in [-0.25, -0.2) is 4.99 Å². The van der Waals surface area contributed by atoms with Crippen molar-refractivity contribution in [2.24, 2.45) is 10.7 Å². The lowest BCUT2D eigenvalue weighted by molar-refractivity contribution is -0.0925. The minimum Gasteiger partial charge on any atom is -0.395 e. The van der Waals surface area contributed by atoms with Gasteiger partial charge >= 0.3 is 6.18 Å². The SMILES string of the molecule is Cc1ccc(C)n1-c1ccccc1NC(=O)c1ccc(C(/C=C(\N)C(F)(F)F)=Nc2ccccc2Cl)cc1. The first-order chi connectivity index (χ1) is 18.0. The van der Waals surface area contributed by atoms with Gasteiger partial charge in [0.15, 0.2) is 0 Å². The van der Waals surface area contributed by atoms with Crippen LogP contribution in [0, 0.1) is 13.8 Å². The van der Waals surface area contributed by atoms with E-state index in [2.05, 4.69) is 10.3 Å². The van der Waals surface area contributed by atoms with E-state index in [9.17, 15) is 18.0 Å². The van der Waals surface area contributed by atoms with Gasteiger partial charge in [-0.2, -0.15) is 13.2 Å². The van der Waals surface area contributed by atoms with E-state index in [0.717, 1.165) is 23.2 Å². The van der Waals surface area contributed by atoms with Crippen LogP contribution in [0.1, 0.15) is 27.3 Å². The van der Waals surface area contributed by atoms with Crippen molar-refractivity contribution >= 4 is 34.6 Å². The van der Waals surface area contributed by atoms with E-state index in [-0.39, 0.29) is 22.3 Å². The molecule has 0 aliphatic heterocycles. The Morgan fingerprint density at radius 2 is 1.47 bits per heavy atom. The number of amides is 1. The van der Waals surface area contributed by atoms with Crippen LogP contribution in [0.25, 0.3) is 5.69 Å². The first-order valence-corrected chi connectivity index (χ1v) is 12.0. The number of aryl methyl sites for hydroxylation is 2. The quantitative estimate of drug-likeness (QED) is 0.250. The summed E-state index contributed by atoms with van der Waals surface area (Å²) in [6.07, 6.45) is -3.98. The molecule has 0 unspecified atom stereocenters. The van der Waals surface area contributed by atoms with Crippen LogP contribution in [0.2, 0.25) is 5.02 Å². The van der Waals surface area contributed by atoms with E-state index in [1.807, 2.05) is 48.7 Å². The van der Waals surface area contributed by atoms with Crippen molar-refractivity contribution in [2.75, 3.05) is 5.32 Å². The number of aliphatic imine (C=N–C) groups is 1. The first-order valence-electron chi connectivity index (χ1n) is 11.6. The summed E-state index contributed by atoms with van der Waals surface area (Å²) in [6, 6.07) is 24.0. The van der Waals surface area contributed by atoms with Crippen molar-refractivity contribution in [2.45, 2.75) is 20.0 Å². The lowest BCUT2D eigenvalue weighted by Crippen LogP contribution is -2.21. The highest BCUT2D eigenvalue weighted by atomic mass is 35.5. The van der Waals surface area contributed by atoms with Crippen LogP contribution in [0.15, 0.2) is 102 Å². The molecule has 0 spiro atoms. The Hall–Kier alpha value is -4.30. The molecule has 0 radical (unpaired) electrons. The van der Waals surface area contributed by atoms with Crippen LogP contribution in [0.5, 0.6) is 0 Å². The Labute approximate surface area is 223 Å². The van der Waals surface area contributed by atoms with E-state index in [4.69, 9.17) is 17.3 Å². The van der Waals surface area contributed by atoms with Gasteiger partial charge in [0.25, 0.3) is 5.91 Å². The molecule has 5 nitrogen and oxygen atoms in total. The van der Waals surface area contributed by atoms with Crippen molar-refractivity contribution < 1.29 is 18.0 Å². The summed E-state index contributed by atoms with van der Waals surface area (Å²) in [6.45, 7) is 3.96. The maximum atomic E-state index is 13.2. The smallest absolute Gasteiger partial charge is 0.395 e. The standard InChI is InChI=1S/C29H24ClF3N4O/c1-18-11-12-19(2)37(18)26-10-6-5-9-24(26)36-28(38)21-15-13-20(14-16-21)25(17-27(34)29(31,32)33)35-23-8-4-3-7-22(23)30/h3-17H,34H2,1-2H3,(H,36,38)/b27-17-,35-25?. The van der Waals surface area contributed by atoms with Crippen LogP contribution < -0.4 is 11.1 Å². The highest BCUT2D eigenvalue weighted by molar-refractivity contribution is 6.33. The molecule has 0 aliphatic rings. The molecule has 0 saturated heterocycles. The van der Waals surface area contributed by atoms with Crippen molar-refractivity contribution in [1.82, 2.24) is 4.57 Å². The minimum absolute atomic E-state index is 0.0520. The van der Waals surface area contributed by atoms with E-state index in [1.165, 1.54) is 24.3 Å². The van der Waals surface area contributed by atoms with Gasteiger partial charge in [0.1, 0.15) is 5.70 Å². The van der Waals surface area contributed by atoms with Crippen LogP contribution in [-0.4, -0.2) is 22.4 Å². The zero-order valence-electron chi connectivity index (χ0n) is 20.6. The van der Waals surface area contributed by atoms with Crippen molar-refractivity contribution in [1.29, 1.82) is 0 Å².